The topological polar surface area (TPSA) is 49.4 Å². The van der Waals surface area contributed by atoms with Crippen LogP contribution in [0.5, 0.6) is 0 Å². The molecule has 1 saturated heterocycles. The Hall–Kier alpha value is -2.24. The largest absolute Gasteiger partial charge is 0.345 e. The molecule has 4 nitrogen and oxygen atoms in total. The van der Waals surface area contributed by atoms with E-state index in [1.165, 1.54) is 4.90 Å². The molecule has 2 fully saturated rings. The van der Waals surface area contributed by atoms with Crippen LogP contribution in [0, 0.1) is 5.41 Å². The predicted octanol–water partition coefficient (Wildman–Crippen LogP) is 2.55. The molecular weight excluding hydrogens is 326 g/mol. The van der Waals surface area contributed by atoms with Crippen LogP contribution >= 0.6 is 0 Å². The molecule has 0 spiro atoms. The Morgan fingerprint density at radius 3 is 2.52 bits per heavy atom. The molecule has 0 radical (unpaired) electrons. The minimum Gasteiger partial charge on any atom is -0.345 e. The van der Waals surface area contributed by atoms with Gasteiger partial charge in [-0.05, 0) is 30.9 Å². The Bertz CT molecular complexity index is 671. The Labute approximate surface area is 145 Å². The molecule has 1 aliphatic carbocycles. The first-order valence-electron chi connectivity index (χ1n) is 8.50. The van der Waals surface area contributed by atoms with Gasteiger partial charge < -0.3 is 10.2 Å². The van der Waals surface area contributed by atoms with Gasteiger partial charge in [-0.2, -0.15) is 0 Å². The maximum Gasteiger partial charge on any atom is 0.271 e. The number of rotatable bonds is 5. The zero-order valence-corrected chi connectivity index (χ0v) is 14.0. The zero-order valence-electron chi connectivity index (χ0n) is 14.0. The molecule has 1 heterocycles. The van der Waals surface area contributed by atoms with Crippen molar-refractivity contribution in [3.63, 3.8) is 0 Å². The number of nitrogens with zero attached hydrogens (tertiary/aromatic N) is 1. The maximum atomic E-state index is 14.2. The van der Waals surface area contributed by atoms with Crippen LogP contribution in [0.15, 0.2) is 43.0 Å². The number of hydrogen-bond acceptors (Lipinski definition) is 2. The number of benzene rings is 1. The van der Waals surface area contributed by atoms with E-state index in [2.05, 4.69) is 11.9 Å². The summed E-state index contributed by atoms with van der Waals surface area (Å²) in [4.78, 5) is 25.7. The molecule has 1 aliphatic heterocycles. The van der Waals surface area contributed by atoms with Crippen molar-refractivity contribution in [2.75, 3.05) is 13.1 Å². The molecule has 1 aromatic rings. The lowest BCUT2D eigenvalue weighted by Crippen LogP contribution is -2.60. The Balaban J connectivity index is 1.68. The summed E-state index contributed by atoms with van der Waals surface area (Å²) in [6.45, 7) is 3.17. The number of piperidine rings is 1. The van der Waals surface area contributed by atoms with Gasteiger partial charge in [0.05, 0.1) is 5.41 Å². The predicted molar refractivity (Wildman–Crippen MR) is 90.1 cm³/mol. The van der Waals surface area contributed by atoms with Crippen molar-refractivity contribution in [1.29, 1.82) is 0 Å². The van der Waals surface area contributed by atoms with E-state index in [4.69, 9.17) is 0 Å². The smallest absolute Gasteiger partial charge is 0.271 e. The second-order valence-electron chi connectivity index (χ2n) is 6.97. The molecule has 134 valence electrons. The van der Waals surface area contributed by atoms with Crippen molar-refractivity contribution in [1.82, 2.24) is 10.2 Å². The summed E-state index contributed by atoms with van der Waals surface area (Å²) in [6, 6.07) is 8.22. The molecule has 2 aliphatic rings. The van der Waals surface area contributed by atoms with Crippen molar-refractivity contribution in [3.05, 3.63) is 48.6 Å². The molecular formula is C19H22F2N2O2. The lowest BCUT2D eigenvalue weighted by Gasteiger charge is -2.38. The highest BCUT2D eigenvalue weighted by molar-refractivity contribution is 5.88. The molecule has 1 saturated carbocycles. The van der Waals surface area contributed by atoms with Crippen molar-refractivity contribution in [3.8, 4) is 0 Å². The van der Waals surface area contributed by atoms with E-state index in [1.807, 2.05) is 30.3 Å². The fourth-order valence-electron chi connectivity index (χ4n) is 3.32. The van der Waals surface area contributed by atoms with Crippen molar-refractivity contribution in [2.24, 2.45) is 5.41 Å². The molecule has 0 bridgehead atoms. The SMILES string of the molecule is C=CC(=O)N1CCC(F)(F)[C@H](NC(=O)C2(Cc3ccccc3)CC2)C1. The standard InChI is InChI=1S/C19H22F2N2O2/c1-2-16(24)23-11-10-19(20,21)15(13-23)22-17(25)18(8-9-18)12-14-6-4-3-5-7-14/h2-7,15H,1,8-13H2,(H,22,25)/t15-/m1/s1. The van der Waals surface area contributed by atoms with Crippen molar-refractivity contribution < 1.29 is 18.4 Å². The molecule has 0 unspecified atom stereocenters. The van der Waals surface area contributed by atoms with Crippen LogP contribution in [0.2, 0.25) is 0 Å². The molecule has 3 rings (SSSR count). The molecule has 1 atom stereocenters. The van der Waals surface area contributed by atoms with Crippen molar-refractivity contribution in [2.45, 2.75) is 37.6 Å². The van der Waals surface area contributed by atoms with Gasteiger partial charge in [-0.3, -0.25) is 9.59 Å². The van der Waals surface area contributed by atoms with E-state index >= 15 is 0 Å². The van der Waals surface area contributed by atoms with Crippen LogP contribution in [0.3, 0.4) is 0 Å². The van der Waals surface area contributed by atoms with E-state index in [0.717, 1.165) is 11.6 Å². The minimum atomic E-state index is -3.02. The zero-order chi connectivity index (χ0) is 18.1. The van der Waals surface area contributed by atoms with Gasteiger partial charge in [0.1, 0.15) is 6.04 Å². The number of nitrogens with one attached hydrogen (secondary N) is 1. The molecule has 6 heteroatoms. The lowest BCUT2D eigenvalue weighted by atomic mass is 9.93. The second-order valence-corrected chi connectivity index (χ2v) is 6.97. The number of alkyl halides is 2. The van der Waals surface area contributed by atoms with Gasteiger partial charge in [0.25, 0.3) is 5.92 Å². The quantitative estimate of drug-likeness (QED) is 0.832. The van der Waals surface area contributed by atoms with Crippen LogP contribution in [0.1, 0.15) is 24.8 Å². The molecule has 2 amide bonds. The van der Waals surface area contributed by atoms with Gasteiger partial charge in [-0.15, -0.1) is 0 Å². The Morgan fingerprint density at radius 1 is 1.24 bits per heavy atom. The van der Waals surface area contributed by atoms with Gasteiger partial charge in [0.15, 0.2) is 0 Å². The number of carbonyl (C=O) groups is 2. The normalized spacial score (nSPS) is 23.6. The van der Waals surface area contributed by atoms with Crippen LogP contribution in [-0.2, 0) is 16.0 Å². The fraction of sp³-hybridized carbons (Fsp3) is 0.474. The third-order valence-corrected chi connectivity index (χ3v) is 5.14. The number of amides is 2. The summed E-state index contributed by atoms with van der Waals surface area (Å²) in [5, 5.41) is 2.52. The van der Waals surface area contributed by atoms with E-state index in [1.54, 1.807) is 0 Å². The lowest BCUT2D eigenvalue weighted by molar-refractivity contribution is -0.142. The first kappa shape index (κ1) is 17.6. The van der Waals surface area contributed by atoms with Crippen LogP contribution in [-0.4, -0.2) is 41.8 Å². The third-order valence-electron chi connectivity index (χ3n) is 5.14. The van der Waals surface area contributed by atoms with E-state index < -0.39 is 23.8 Å². The minimum absolute atomic E-state index is 0.0284. The molecule has 1 N–H and O–H groups in total. The van der Waals surface area contributed by atoms with Gasteiger partial charge in [-0.1, -0.05) is 36.9 Å². The number of likely N-dealkylation sites (tertiary alicyclic amines) is 1. The number of carbonyl (C=O) groups excluding carboxylic acids is 2. The highest BCUT2D eigenvalue weighted by Gasteiger charge is 2.53. The summed E-state index contributed by atoms with van der Waals surface area (Å²) >= 11 is 0. The molecule has 0 aromatic heterocycles. The monoisotopic (exact) mass is 348 g/mol. The van der Waals surface area contributed by atoms with E-state index in [0.29, 0.717) is 19.3 Å². The summed E-state index contributed by atoms with van der Waals surface area (Å²) in [5.74, 6) is -3.75. The first-order chi connectivity index (χ1) is 11.9. The third kappa shape index (κ3) is 3.72. The van der Waals surface area contributed by atoms with E-state index in [-0.39, 0.29) is 24.9 Å². The van der Waals surface area contributed by atoms with E-state index in [9.17, 15) is 18.4 Å². The average Bonchev–Trinajstić information content (AvgIpc) is 3.37. The summed E-state index contributed by atoms with van der Waals surface area (Å²) in [6.07, 6.45) is 2.60. The summed E-state index contributed by atoms with van der Waals surface area (Å²) in [7, 11) is 0. The van der Waals surface area contributed by atoms with Gasteiger partial charge in [-0.25, -0.2) is 8.78 Å². The first-order valence-corrected chi connectivity index (χ1v) is 8.50. The van der Waals surface area contributed by atoms with Gasteiger partial charge in [0, 0.05) is 19.5 Å². The van der Waals surface area contributed by atoms with Gasteiger partial charge >= 0.3 is 0 Å². The summed E-state index contributed by atoms with van der Waals surface area (Å²) < 4.78 is 28.5. The number of hydrogen-bond donors (Lipinski definition) is 1. The average molecular weight is 348 g/mol. The summed E-state index contributed by atoms with van der Waals surface area (Å²) in [5.41, 5.74) is 0.427. The van der Waals surface area contributed by atoms with Gasteiger partial charge in [0.2, 0.25) is 11.8 Å². The van der Waals surface area contributed by atoms with Crippen molar-refractivity contribution >= 4 is 11.8 Å². The van der Waals surface area contributed by atoms with Crippen LogP contribution in [0.4, 0.5) is 8.78 Å². The highest BCUT2D eigenvalue weighted by Crippen LogP contribution is 2.49. The maximum absolute atomic E-state index is 14.2. The highest BCUT2D eigenvalue weighted by atomic mass is 19.3. The molecule has 1 aromatic carbocycles. The number of halogens is 2. The van der Waals surface area contributed by atoms with Crippen LogP contribution in [0.25, 0.3) is 0 Å². The molecule has 25 heavy (non-hydrogen) atoms. The van der Waals surface area contributed by atoms with Crippen LogP contribution < -0.4 is 5.32 Å². The second kappa shape index (κ2) is 6.58. The Kier molecular flexibility index (Phi) is 4.62. The fourth-order valence-corrected chi connectivity index (χ4v) is 3.32. The Morgan fingerprint density at radius 2 is 1.92 bits per heavy atom.